The van der Waals surface area contributed by atoms with E-state index in [1.807, 2.05) is 0 Å². The molecule has 0 aromatic heterocycles. The van der Waals surface area contributed by atoms with Gasteiger partial charge in [-0.2, -0.15) is 0 Å². The summed E-state index contributed by atoms with van der Waals surface area (Å²) in [5, 5.41) is 0. The first-order chi connectivity index (χ1) is 10.9. The van der Waals surface area contributed by atoms with Gasteiger partial charge in [-0.3, -0.25) is 0 Å². The van der Waals surface area contributed by atoms with Gasteiger partial charge in [0.2, 0.25) is 0 Å². The van der Waals surface area contributed by atoms with Crippen molar-refractivity contribution < 1.29 is 0 Å². The van der Waals surface area contributed by atoms with E-state index in [0.717, 1.165) is 12.8 Å². The molecule has 0 aliphatic heterocycles. The van der Waals surface area contributed by atoms with E-state index >= 15 is 0 Å². The maximum Gasteiger partial charge on any atom is 0.00989 e. The first kappa shape index (κ1) is 20.2. The Morgan fingerprint density at radius 1 is 0.409 bits per heavy atom. The molecule has 0 spiro atoms. The van der Waals surface area contributed by atoms with E-state index in [0.29, 0.717) is 0 Å². The highest BCUT2D eigenvalue weighted by atomic mass is 13.9. The van der Waals surface area contributed by atoms with Gasteiger partial charge in [0, 0.05) is 12.8 Å². The minimum Gasteiger partial charge on any atom is -0.0891 e. The maximum absolute atomic E-state index is 3.07. The Balaban J connectivity index is 3.59. The van der Waals surface area contributed by atoms with Gasteiger partial charge < -0.3 is 0 Å². The van der Waals surface area contributed by atoms with Crippen molar-refractivity contribution in [3.8, 4) is 47.4 Å². The van der Waals surface area contributed by atoms with Crippen LogP contribution >= 0.6 is 0 Å². The van der Waals surface area contributed by atoms with E-state index in [4.69, 9.17) is 0 Å². The van der Waals surface area contributed by atoms with Crippen molar-refractivity contribution in [2.75, 3.05) is 0 Å². The molecule has 118 valence electrons. The molecule has 0 saturated carbocycles. The highest BCUT2D eigenvalue weighted by molar-refractivity contribution is 5.39. The third kappa shape index (κ3) is 18.2. The van der Waals surface area contributed by atoms with Crippen molar-refractivity contribution in [2.24, 2.45) is 0 Å². The molecule has 0 aliphatic carbocycles. The van der Waals surface area contributed by atoms with Gasteiger partial charge in [-0.15, -0.1) is 0 Å². The normalized spacial score (nSPS) is 8.27. The fourth-order valence-electron chi connectivity index (χ4n) is 1.97. The minimum atomic E-state index is 0.948. The minimum absolute atomic E-state index is 0.948. The van der Waals surface area contributed by atoms with Gasteiger partial charge in [0.15, 0.2) is 0 Å². The second-order valence-electron chi connectivity index (χ2n) is 5.43. The van der Waals surface area contributed by atoms with Gasteiger partial charge in [-0.1, -0.05) is 77.1 Å². The maximum atomic E-state index is 3.07. The van der Waals surface area contributed by atoms with Gasteiger partial charge in [-0.05, 0) is 48.4 Å². The van der Waals surface area contributed by atoms with Crippen molar-refractivity contribution in [3.05, 3.63) is 0 Å². The molecule has 0 aliphatic rings. The second-order valence-corrected chi connectivity index (χ2v) is 5.43. The second kappa shape index (κ2) is 19.2. The monoisotopic (exact) mass is 294 g/mol. The fraction of sp³-hybridized carbons (Fsp3) is 0.636. The SMILES string of the molecule is CCCCCCCC#CC#CC#CC#CCCCCCCC. The van der Waals surface area contributed by atoms with E-state index in [1.165, 1.54) is 64.2 Å². The van der Waals surface area contributed by atoms with E-state index in [-0.39, 0.29) is 0 Å². The summed E-state index contributed by atoms with van der Waals surface area (Å²) in [7, 11) is 0. The molecule has 0 amide bonds. The summed E-state index contributed by atoms with van der Waals surface area (Å²) in [5.41, 5.74) is 0. The van der Waals surface area contributed by atoms with Crippen molar-refractivity contribution in [1.82, 2.24) is 0 Å². The predicted molar refractivity (Wildman–Crippen MR) is 97.9 cm³/mol. The lowest BCUT2D eigenvalue weighted by molar-refractivity contribution is 0.641. The average molecular weight is 294 g/mol. The molecule has 0 saturated heterocycles. The molecule has 0 rings (SSSR count). The Kier molecular flexibility index (Phi) is 17.7. The van der Waals surface area contributed by atoms with Crippen LogP contribution in [-0.4, -0.2) is 0 Å². The largest absolute Gasteiger partial charge is 0.0891 e. The molecule has 0 nitrogen and oxygen atoms in total. The molecule has 0 bridgehead atoms. The molecule has 0 N–H and O–H groups in total. The molecule has 0 aromatic carbocycles. The van der Waals surface area contributed by atoms with Crippen LogP contribution < -0.4 is 0 Å². The summed E-state index contributed by atoms with van der Waals surface area (Å²) in [6.07, 6.45) is 14.7. The van der Waals surface area contributed by atoms with Crippen LogP contribution in [0.3, 0.4) is 0 Å². The highest BCUT2D eigenvalue weighted by Gasteiger charge is 1.86. The topological polar surface area (TPSA) is 0 Å². The lowest BCUT2D eigenvalue weighted by atomic mass is 10.1. The quantitative estimate of drug-likeness (QED) is 0.357. The molecular formula is C22H30. The Labute approximate surface area is 138 Å². The molecule has 0 fully saturated rings. The van der Waals surface area contributed by atoms with Crippen LogP contribution in [0.1, 0.15) is 90.9 Å². The third-order valence-electron chi connectivity index (χ3n) is 3.30. The fourth-order valence-corrected chi connectivity index (χ4v) is 1.97. The molecule has 22 heavy (non-hydrogen) atoms. The van der Waals surface area contributed by atoms with E-state index in [9.17, 15) is 0 Å². The summed E-state index contributed by atoms with van der Waals surface area (Å²) < 4.78 is 0. The van der Waals surface area contributed by atoms with Crippen LogP contribution in [-0.2, 0) is 0 Å². The molecule has 0 heterocycles. The number of rotatable bonds is 10. The third-order valence-corrected chi connectivity index (χ3v) is 3.30. The van der Waals surface area contributed by atoms with Crippen LogP contribution in [0.4, 0.5) is 0 Å². The zero-order valence-electron chi connectivity index (χ0n) is 14.5. The zero-order chi connectivity index (χ0) is 16.1. The van der Waals surface area contributed by atoms with Crippen LogP contribution in [0.2, 0.25) is 0 Å². The van der Waals surface area contributed by atoms with Crippen LogP contribution in [0.5, 0.6) is 0 Å². The van der Waals surface area contributed by atoms with Gasteiger partial charge in [0.25, 0.3) is 0 Å². The highest BCUT2D eigenvalue weighted by Crippen LogP contribution is 2.04. The molecule has 0 atom stereocenters. The summed E-state index contributed by atoms with van der Waals surface area (Å²) in [6.45, 7) is 4.46. The van der Waals surface area contributed by atoms with Crippen LogP contribution in [0.25, 0.3) is 0 Å². The van der Waals surface area contributed by atoms with Crippen LogP contribution in [0.15, 0.2) is 0 Å². The van der Waals surface area contributed by atoms with E-state index in [1.54, 1.807) is 0 Å². The average Bonchev–Trinajstić information content (AvgIpc) is 2.54. The lowest BCUT2D eigenvalue weighted by Crippen LogP contribution is -1.75. The van der Waals surface area contributed by atoms with Crippen molar-refractivity contribution in [1.29, 1.82) is 0 Å². The van der Waals surface area contributed by atoms with Gasteiger partial charge >= 0.3 is 0 Å². The zero-order valence-corrected chi connectivity index (χ0v) is 14.5. The first-order valence-electron chi connectivity index (χ1n) is 8.87. The van der Waals surface area contributed by atoms with Gasteiger partial charge in [0.1, 0.15) is 0 Å². The van der Waals surface area contributed by atoms with Crippen molar-refractivity contribution in [3.63, 3.8) is 0 Å². The molecule has 0 unspecified atom stereocenters. The Morgan fingerprint density at radius 3 is 1.18 bits per heavy atom. The summed E-state index contributed by atoms with van der Waals surface area (Å²) in [6, 6.07) is 0. The summed E-state index contributed by atoms with van der Waals surface area (Å²) in [5.74, 6) is 22.8. The van der Waals surface area contributed by atoms with E-state index < -0.39 is 0 Å². The Hall–Kier alpha value is -1.76. The van der Waals surface area contributed by atoms with Crippen molar-refractivity contribution >= 4 is 0 Å². The number of hydrogen-bond acceptors (Lipinski definition) is 0. The smallest absolute Gasteiger partial charge is 0.00989 e. The molecule has 0 radical (unpaired) electrons. The van der Waals surface area contributed by atoms with Crippen molar-refractivity contribution in [2.45, 2.75) is 90.9 Å². The predicted octanol–water partition coefficient (Wildman–Crippen LogP) is 5.72. The Bertz CT molecular complexity index is 431. The lowest BCUT2D eigenvalue weighted by Gasteiger charge is -1.93. The Morgan fingerprint density at radius 2 is 0.773 bits per heavy atom. The summed E-state index contributed by atoms with van der Waals surface area (Å²) in [4.78, 5) is 0. The van der Waals surface area contributed by atoms with Crippen LogP contribution in [0, 0.1) is 47.4 Å². The van der Waals surface area contributed by atoms with E-state index in [2.05, 4.69) is 61.2 Å². The standard InChI is InChI=1S/C22H30/c1-3-5-7-9-11-13-15-17-19-21-22-20-18-16-14-12-10-8-6-4-2/h3-14H2,1-2H3. The molecular weight excluding hydrogens is 264 g/mol. The molecule has 0 heteroatoms. The van der Waals surface area contributed by atoms with Gasteiger partial charge in [-0.25, -0.2) is 0 Å². The van der Waals surface area contributed by atoms with Gasteiger partial charge in [0.05, 0.1) is 0 Å². The first-order valence-corrected chi connectivity index (χ1v) is 8.87. The number of unbranched alkanes of at least 4 members (excludes halogenated alkanes) is 10. The molecule has 0 aromatic rings. The summed E-state index contributed by atoms with van der Waals surface area (Å²) >= 11 is 0. The number of hydrogen-bond donors (Lipinski definition) is 0.